The molecule has 1 aromatic rings. The molecule has 1 unspecified atom stereocenters. The molecular weight excluding hydrogens is 322 g/mol. The number of hydrogen-bond donors (Lipinski definition) is 1. The van der Waals surface area contributed by atoms with Crippen molar-refractivity contribution < 1.29 is 14.3 Å². The number of halogens is 1. The molecule has 0 bridgehead atoms. The molecule has 0 aliphatic heterocycles. The number of hydrogen-bond acceptors (Lipinski definition) is 3. The van der Waals surface area contributed by atoms with Gasteiger partial charge in [0.2, 0.25) is 0 Å². The first-order valence-electron chi connectivity index (χ1n) is 6.46. The van der Waals surface area contributed by atoms with E-state index in [4.69, 9.17) is 4.74 Å². The molecule has 0 saturated carbocycles. The summed E-state index contributed by atoms with van der Waals surface area (Å²) in [6, 6.07) is 5.63. The lowest BCUT2D eigenvalue weighted by Crippen LogP contribution is -2.27. The highest BCUT2D eigenvalue weighted by molar-refractivity contribution is 9.10. The number of nitrogens with one attached hydrogen (secondary N) is 1. The van der Waals surface area contributed by atoms with Gasteiger partial charge in [0, 0.05) is 10.9 Å². The summed E-state index contributed by atoms with van der Waals surface area (Å²) in [7, 11) is 0. The summed E-state index contributed by atoms with van der Waals surface area (Å²) in [4.78, 5) is 22.4. The first-order chi connectivity index (χ1) is 9.23. The van der Waals surface area contributed by atoms with Gasteiger partial charge in [-0.25, -0.2) is 4.79 Å². The minimum absolute atomic E-state index is 0.111. The Morgan fingerprint density at radius 2 is 2.10 bits per heavy atom. The van der Waals surface area contributed by atoms with Crippen LogP contribution in [0.4, 0.5) is 10.5 Å². The van der Waals surface area contributed by atoms with Crippen LogP contribution in [0.15, 0.2) is 22.7 Å². The number of carbonyl (C=O) groups is 2. The van der Waals surface area contributed by atoms with Gasteiger partial charge in [-0.2, -0.15) is 0 Å². The molecular formula is C15H20BrNO3. The average Bonchev–Trinajstić information content (AvgIpc) is 2.29. The van der Waals surface area contributed by atoms with E-state index in [2.05, 4.69) is 21.2 Å². The number of anilines is 1. The quantitative estimate of drug-likeness (QED) is 0.821. The third-order valence-corrected chi connectivity index (χ3v) is 3.34. The van der Waals surface area contributed by atoms with Crippen molar-refractivity contribution in [3.8, 4) is 0 Å². The van der Waals surface area contributed by atoms with Gasteiger partial charge in [-0.3, -0.25) is 5.32 Å². The summed E-state index contributed by atoms with van der Waals surface area (Å²) in [6.07, 6.45) is 0.847. The van der Waals surface area contributed by atoms with Crippen molar-refractivity contribution in [2.75, 3.05) is 5.32 Å². The molecule has 0 heterocycles. The van der Waals surface area contributed by atoms with E-state index in [0.717, 1.165) is 16.3 Å². The van der Waals surface area contributed by atoms with Gasteiger partial charge in [0.1, 0.15) is 11.9 Å². The van der Waals surface area contributed by atoms with Crippen molar-refractivity contribution in [1.82, 2.24) is 0 Å². The van der Waals surface area contributed by atoms with Crippen LogP contribution in [0.1, 0.15) is 45.6 Å². The minimum atomic E-state index is -0.543. The molecule has 0 aliphatic carbocycles. The van der Waals surface area contributed by atoms with Crippen LogP contribution in [0, 0.1) is 0 Å². The zero-order valence-electron chi connectivity index (χ0n) is 12.2. The van der Waals surface area contributed by atoms with E-state index in [0.29, 0.717) is 12.1 Å². The number of amides is 1. The predicted octanol–water partition coefficient (Wildman–Crippen LogP) is 4.49. The van der Waals surface area contributed by atoms with Gasteiger partial charge in [-0.05, 0) is 60.3 Å². The van der Waals surface area contributed by atoms with E-state index in [9.17, 15) is 9.59 Å². The lowest BCUT2D eigenvalue weighted by molar-refractivity contribution is -0.108. The Labute approximate surface area is 128 Å². The van der Waals surface area contributed by atoms with Crippen molar-refractivity contribution in [2.24, 2.45) is 0 Å². The van der Waals surface area contributed by atoms with Crippen LogP contribution in [-0.4, -0.2) is 18.0 Å². The maximum atomic E-state index is 11.8. The van der Waals surface area contributed by atoms with Gasteiger partial charge in [-0.15, -0.1) is 0 Å². The molecule has 1 aromatic carbocycles. The first-order valence-corrected chi connectivity index (χ1v) is 7.25. The van der Waals surface area contributed by atoms with Crippen LogP contribution in [0.25, 0.3) is 0 Å². The predicted molar refractivity (Wildman–Crippen MR) is 83.1 cm³/mol. The molecule has 0 saturated heterocycles. The monoisotopic (exact) mass is 341 g/mol. The molecule has 1 rings (SSSR count). The van der Waals surface area contributed by atoms with E-state index in [-0.39, 0.29) is 5.92 Å². The molecule has 0 spiro atoms. The van der Waals surface area contributed by atoms with Crippen molar-refractivity contribution >= 4 is 34.0 Å². The minimum Gasteiger partial charge on any atom is -0.444 e. The zero-order valence-corrected chi connectivity index (χ0v) is 13.8. The molecule has 1 amide bonds. The molecule has 0 radical (unpaired) electrons. The van der Waals surface area contributed by atoms with E-state index in [1.54, 1.807) is 0 Å². The molecule has 20 heavy (non-hydrogen) atoms. The lowest BCUT2D eigenvalue weighted by atomic mass is 9.98. The van der Waals surface area contributed by atoms with Gasteiger partial charge < -0.3 is 9.53 Å². The maximum absolute atomic E-state index is 11.8. The molecule has 1 atom stereocenters. The summed E-state index contributed by atoms with van der Waals surface area (Å²) in [5.41, 5.74) is 1.08. The summed E-state index contributed by atoms with van der Waals surface area (Å²) < 4.78 is 5.99. The highest BCUT2D eigenvalue weighted by atomic mass is 79.9. The summed E-state index contributed by atoms with van der Waals surface area (Å²) in [6.45, 7) is 7.40. The first kappa shape index (κ1) is 16.7. The lowest BCUT2D eigenvalue weighted by Gasteiger charge is -2.20. The van der Waals surface area contributed by atoms with Crippen LogP contribution in [0.5, 0.6) is 0 Å². The van der Waals surface area contributed by atoms with Crippen LogP contribution >= 0.6 is 15.9 Å². The largest absolute Gasteiger partial charge is 0.444 e. The van der Waals surface area contributed by atoms with Crippen molar-refractivity contribution in [1.29, 1.82) is 0 Å². The van der Waals surface area contributed by atoms with E-state index >= 15 is 0 Å². The van der Waals surface area contributed by atoms with Crippen molar-refractivity contribution in [3.05, 3.63) is 28.2 Å². The molecule has 0 fully saturated rings. The third kappa shape index (κ3) is 5.33. The number of carbonyl (C=O) groups excluding carboxylic acids is 2. The molecule has 0 aliphatic rings. The van der Waals surface area contributed by atoms with Crippen molar-refractivity contribution in [2.45, 2.75) is 45.6 Å². The number of ether oxygens (including phenoxy) is 1. The Morgan fingerprint density at radius 3 is 2.65 bits per heavy atom. The second kappa shape index (κ2) is 6.88. The standard InChI is InChI=1S/C15H20BrNO3/c1-10(7-8-18)11-5-6-12(16)13(9-11)17-14(19)20-15(2,3)4/h5-6,8-10H,7H2,1-4H3,(H,17,19). The normalized spacial score (nSPS) is 12.7. The van der Waals surface area contributed by atoms with Gasteiger partial charge in [0.25, 0.3) is 0 Å². The van der Waals surface area contributed by atoms with Gasteiger partial charge in [0.05, 0.1) is 5.69 Å². The summed E-state index contributed by atoms with van der Waals surface area (Å²) >= 11 is 3.39. The second-order valence-electron chi connectivity index (χ2n) is 5.67. The Bertz CT molecular complexity index is 494. The van der Waals surface area contributed by atoms with Crippen LogP contribution < -0.4 is 5.32 Å². The highest BCUT2D eigenvalue weighted by Crippen LogP contribution is 2.28. The van der Waals surface area contributed by atoms with Crippen LogP contribution in [0.2, 0.25) is 0 Å². The number of rotatable bonds is 4. The van der Waals surface area contributed by atoms with E-state index in [1.165, 1.54) is 0 Å². The zero-order chi connectivity index (χ0) is 15.3. The Morgan fingerprint density at radius 1 is 1.45 bits per heavy atom. The fourth-order valence-corrected chi connectivity index (χ4v) is 1.98. The average molecular weight is 342 g/mol. The topological polar surface area (TPSA) is 55.4 Å². The summed E-state index contributed by atoms with van der Waals surface area (Å²) in [5.74, 6) is 0.111. The Balaban J connectivity index is 2.86. The molecule has 4 nitrogen and oxygen atoms in total. The maximum Gasteiger partial charge on any atom is 0.412 e. The smallest absolute Gasteiger partial charge is 0.412 e. The molecule has 1 N–H and O–H groups in total. The highest BCUT2D eigenvalue weighted by Gasteiger charge is 2.17. The van der Waals surface area contributed by atoms with Gasteiger partial charge in [-0.1, -0.05) is 13.0 Å². The number of aldehydes is 1. The Hall–Kier alpha value is -1.36. The number of benzene rings is 1. The van der Waals surface area contributed by atoms with E-state index < -0.39 is 11.7 Å². The summed E-state index contributed by atoms with van der Waals surface area (Å²) in [5, 5.41) is 2.71. The SMILES string of the molecule is CC(CC=O)c1ccc(Br)c(NC(=O)OC(C)(C)C)c1. The van der Waals surface area contributed by atoms with Gasteiger partial charge >= 0.3 is 6.09 Å². The third-order valence-electron chi connectivity index (χ3n) is 2.64. The Kier molecular flexibility index (Phi) is 5.74. The van der Waals surface area contributed by atoms with E-state index in [1.807, 2.05) is 45.9 Å². The van der Waals surface area contributed by atoms with Crippen LogP contribution in [-0.2, 0) is 9.53 Å². The van der Waals surface area contributed by atoms with Crippen LogP contribution in [0.3, 0.4) is 0 Å². The van der Waals surface area contributed by atoms with Gasteiger partial charge in [0.15, 0.2) is 0 Å². The van der Waals surface area contributed by atoms with Crippen molar-refractivity contribution in [3.63, 3.8) is 0 Å². The fraction of sp³-hybridized carbons (Fsp3) is 0.467. The fourth-order valence-electron chi connectivity index (χ4n) is 1.64. The molecule has 5 heteroatoms. The molecule has 110 valence electrons. The molecule has 0 aromatic heterocycles. The second-order valence-corrected chi connectivity index (χ2v) is 6.52.